The van der Waals surface area contributed by atoms with E-state index in [1.54, 1.807) is 0 Å². The van der Waals surface area contributed by atoms with E-state index in [1.165, 1.54) is 0 Å². The summed E-state index contributed by atoms with van der Waals surface area (Å²) in [4.78, 5) is 0. The molecule has 0 aromatic heterocycles. The molecule has 14 heavy (non-hydrogen) atoms. The van der Waals surface area contributed by atoms with Crippen LogP contribution in [0.1, 0.15) is 6.42 Å². The van der Waals surface area contributed by atoms with Crippen molar-refractivity contribution in [3.8, 4) is 0 Å². The Morgan fingerprint density at radius 3 is 1.50 bits per heavy atom. The number of alkyl halides is 6. The fourth-order valence-electron chi connectivity index (χ4n) is 0.267. The molecule has 0 aromatic rings. The van der Waals surface area contributed by atoms with E-state index in [2.05, 4.69) is 13.2 Å². The number of halogens is 6. The van der Waals surface area contributed by atoms with Gasteiger partial charge in [0.2, 0.25) is 0 Å². The fourth-order valence-corrected chi connectivity index (χ4v) is 0.267. The predicted octanol–water partition coefficient (Wildman–Crippen LogP) is 3.90. The standard InChI is InChI=1S/2C4H5F3/c1-2-3-4(5,6)7;1-2-3(5)4(6)7/h2H,1,3H2;2-4H,1H2. The van der Waals surface area contributed by atoms with Gasteiger partial charge in [0.15, 0.2) is 6.17 Å². The van der Waals surface area contributed by atoms with Gasteiger partial charge in [-0.3, -0.25) is 0 Å². The van der Waals surface area contributed by atoms with E-state index in [-0.39, 0.29) is 0 Å². The molecule has 0 nitrogen and oxygen atoms in total. The highest BCUT2D eigenvalue weighted by Crippen LogP contribution is 2.18. The van der Waals surface area contributed by atoms with Gasteiger partial charge in [-0.25, -0.2) is 13.2 Å². The molecule has 0 N–H and O–H groups in total. The van der Waals surface area contributed by atoms with E-state index in [1.807, 2.05) is 0 Å². The summed E-state index contributed by atoms with van der Waals surface area (Å²) in [5.74, 6) is 0. The van der Waals surface area contributed by atoms with Gasteiger partial charge in [-0.2, -0.15) is 13.2 Å². The molecule has 84 valence electrons. The molecule has 0 rings (SSSR count). The molecule has 0 aliphatic rings. The second-order valence-corrected chi connectivity index (χ2v) is 2.12. The molecule has 6 heteroatoms. The summed E-state index contributed by atoms with van der Waals surface area (Å²) < 4.78 is 66.3. The monoisotopic (exact) mass is 220 g/mol. The van der Waals surface area contributed by atoms with Crippen molar-refractivity contribution in [3.05, 3.63) is 25.3 Å². The molecule has 0 heterocycles. The molecule has 0 fully saturated rings. The molecule has 0 aliphatic carbocycles. The van der Waals surface area contributed by atoms with Gasteiger partial charge in [0, 0.05) is 0 Å². The minimum Gasteiger partial charge on any atom is -0.237 e. The van der Waals surface area contributed by atoms with Crippen LogP contribution in [0.2, 0.25) is 0 Å². The minimum absolute atomic E-state index is 0.574. The van der Waals surface area contributed by atoms with Crippen LogP contribution in [0.4, 0.5) is 26.3 Å². The van der Waals surface area contributed by atoms with E-state index in [4.69, 9.17) is 0 Å². The Bertz CT molecular complexity index is 160. The highest BCUT2D eigenvalue weighted by Gasteiger charge is 2.23. The highest BCUT2D eigenvalue weighted by molar-refractivity contribution is 4.79. The van der Waals surface area contributed by atoms with Crippen molar-refractivity contribution < 1.29 is 26.3 Å². The third-order valence-corrected chi connectivity index (χ3v) is 0.842. The van der Waals surface area contributed by atoms with Crippen LogP contribution in [-0.4, -0.2) is 18.8 Å². The van der Waals surface area contributed by atoms with Crippen molar-refractivity contribution in [1.29, 1.82) is 0 Å². The first kappa shape index (κ1) is 15.5. The quantitative estimate of drug-likeness (QED) is 0.499. The average Bonchev–Trinajstić information content (AvgIpc) is 2.01. The lowest BCUT2D eigenvalue weighted by Gasteiger charge is -1.97. The molecule has 0 spiro atoms. The number of hydrogen-bond acceptors (Lipinski definition) is 0. The highest BCUT2D eigenvalue weighted by atomic mass is 19.4. The first-order valence-electron chi connectivity index (χ1n) is 3.47. The maximum absolute atomic E-state index is 11.4. The molecule has 0 aromatic carbocycles. The van der Waals surface area contributed by atoms with Crippen molar-refractivity contribution in [2.24, 2.45) is 0 Å². The molecular weight excluding hydrogens is 210 g/mol. The molecule has 1 unspecified atom stereocenters. The van der Waals surface area contributed by atoms with Crippen LogP contribution in [0.3, 0.4) is 0 Å². The van der Waals surface area contributed by atoms with E-state index < -0.39 is 25.2 Å². The lowest BCUT2D eigenvalue weighted by molar-refractivity contribution is -0.124. The van der Waals surface area contributed by atoms with Crippen molar-refractivity contribution in [3.63, 3.8) is 0 Å². The largest absolute Gasteiger partial charge is 0.392 e. The molecule has 1 atom stereocenters. The van der Waals surface area contributed by atoms with Crippen LogP contribution >= 0.6 is 0 Å². The SMILES string of the molecule is C=CC(F)C(F)F.C=CCC(F)(F)F. The van der Waals surface area contributed by atoms with E-state index in [0.29, 0.717) is 6.08 Å². The summed E-state index contributed by atoms with van der Waals surface area (Å²) in [5.41, 5.74) is 0. The third kappa shape index (κ3) is 13.6. The van der Waals surface area contributed by atoms with Crippen LogP contribution in [0.15, 0.2) is 25.3 Å². The van der Waals surface area contributed by atoms with Gasteiger partial charge in [0.25, 0.3) is 6.43 Å². The second-order valence-electron chi connectivity index (χ2n) is 2.12. The van der Waals surface area contributed by atoms with Crippen LogP contribution in [-0.2, 0) is 0 Å². The lowest BCUT2D eigenvalue weighted by atomic mass is 10.4. The van der Waals surface area contributed by atoms with Crippen LogP contribution in [0.5, 0.6) is 0 Å². The molecule has 0 bridgehead atoms. The van der Waals surface area contributed by atoms with Crippen LogP contribution in [0.25, 0.3) is 0 Å². The first-order chi connectivity index (χ1) is 6.24. The summed E-state index contributed by atoms with van der Waals surface area (Å²) in [5, 5.41) is 0. The van der Waals surface area contributed by atoms with Gasteiger partial charge in [0.05, 0.1) is 6.42 Å². The van der Waals surface area contributed by atoms with E-state index in [0.717, 1.165) is 6.08 Å². The van der Waals surface area contributed by atoms with Gasteiger partial charge in [-0.05, 0) is 0 Å². The summed E-state index contributed by atoms with van der Waals surface area (Å²) in [7, 11) is 0. The first-order valence-corrected chi connectivity index (χ1v) is 3.47. The Morgan fingerprint density at radius 2 is 1.50 bits per heavy atom. The molecule has 0 radical (unpaired) electrons. The van der Waals surface area contributed by atoms with E-state index >= 15 is 0 Å². The molecular formula is C8H10F6. The Morgan fingerprint density at radius 1 is 1.07 bits per heavy atom. The zero-order valence-electron chi connectivity index (χ0n) is 7.20. The topological polar surface area (TPSA) is 0 Å². The zero-order chi connectivity index (χ0) is 11.8. The predicted molar refractivity (Wildman–Crippen MR) is 42.0 cm³/mol. The van der Waals surface area contributed by atoms with Crippen LogP contribution in [0, 0.1) is 0 Å². The number of hydrogen-bond donors (Lipinski definition) is 0. The minimum atomic E-state index is -4.07. The second kappa shape index (κ2) is 7.46. The third-order valence-electron chi connectivity index (χ3n) is 0.842. The smallest absolute Gasteiger partial charge is 0.237 e. The Hall–Kier alpha value is -0.940. The normalized spacial score (nSPS) is 12.8. The molecule has 0 amide bonds. The van der Waals surface area contributed by atoms with E-state index in [9.17, 15) is 26.3 Å². The van der Waals surface area contributed by atoms with Crippen molar-refractivity contribution >= 4 is 0 Å². The fraction of sp³-hybridized carbons (Fsp3) is 0.500. The average molecular weight is 220 g/mol. The summed E-state index contributed by atoms with van der Waals surface area (Å²) in [6, 6.07) is 0. The van der Waals surface area contributed by atoms with Gasteiger partial charge in [-0.15, -0.1) is 13.2 Å². The van der Waals surface area contributed by atoms with Gasteiger partial charge < -0.3 is 0 Å². The summed E-state index contributed by atoms with van der Waals surface area (Å²) in [6.07, 6.45) is -8.64. The van der Waals surface area contributed by atoms with Gasteiger partial charge in [-0.1, -0.05) is 12.2 Å². The molecule has 0 saturated carbocycles. The van der Waals surface area contributed by atoms with Crippen molar-refractivity contribution in [2.45, 2.75) is 25.2 Å². The van der Waals surface area contributed by atoms with Crippen molar-refractivity contribution in [1.82, 2.24) is 0 Å². The number of allylic oxidation sites excluding steroid dienone is 2. The van der Waals surface area contributed by atoms with Gasteiger partial charge >= 0.3 is 6.18 Å². The van der Waals surface area contributed by atoms with Gasteiger partial charge in [0.1, 0.15) is 0 Å². The summed E-state index contributed by atoms with van der Waals surface area (Å²) >= 11 is 0. The Kier molecular flexibility index (Phi) is 8.28. The lowest BCUT2D eigenvalue weighted by Crippen LogP contribution is -2.06. The Labute approximate surface area is 77.9 Å². The maximum Gasteiger partial charge on any atom is 0.392 e. The number of rotatable bonds is 3. The van der Waals surface area contributed by atoms with Crippen molar-refractivity contribution in [2.75, 3.05) is 0 Å². The Balaban J connectivity index is 0. The molecule has 0 saturated heterocycles. The summed E-state index contributed by atoms with van der Waals surface area (Å²) in [6.45, 7) is 5.75. The molecule has 0 aliphatic heterocycles. The maximum atomic E-state index is 11.4. The van der Waals surface area contributed by atoms with Crippen LogP contribution < -0.4 is 0 Å². The zero-order valence-corrected chi connectivity index (χ0v) is 7.20.